The molecule has 1 heterocycles. The van der Waals surface area contributed by atoms with E-state index < -0.39 is 23.6 Å². The van der Waals surface area contributed by atoms with E-state index >= 15 is 0 Å². The second-order valence-electron chi connectivity index (χ2n) is 10.4. The third-order valence-corrected chi connectivity index (χ3v) is 6.20. The smallest absolute Gasteiger partial charge is 0.411 e. The molecule has 1 aliphatic heterocycles. The lowest BCUT2D eigenvalue weighted by Crippen LogP contribution is -2.44. The van der Waals surface area contributed by atoms with Gasteiger partial charge in [-0.25, -0.2) is 4.79 Å². The number of carbonyl (C=O) groups is 4. The van der Waals surface area contributed by atoms with Crippen LogP contribution in [0.15, 0.2) is 73.3 Å². The highest BCUT2D eigenvalue weighted by Crippen LogP contribution is 2.28. The van der Waals surface area contributed by atoms with Crippen molar-refractivity contribution in [1.29, 1.82) is 0 Å². The first kappa shape index (κ1) is 28.6. The standard InChI is InChI=1S/C30H36N2O6/c1-5-12-24-18-31(19-25(24)28(35)37-21-26(33)23-15-10-7-11-16-23)27(34)20-32(29(36)38-30(2,3)4)17-22-13-8-6-9-14-22/h5-11,13-16,24-25H,1,12,17-21H2,2-4H3/t24-,25+/m0/s1. The first-order valence-electron chi connectivity index (χ1n) is 12.7. The highest BCUT2D eigenvalue weighted by atomic mass is 16.6. The van der Waals surface area contributed by atoms with Crippen LogP contribution in [0, 0.1) is 11.8 Å². The van der Waals surface area contributed by atoms with Crippen molar-refractivity contribution in [2.75, 3.05) is 26.2 Å². The minimum atomic E-state index is -0.718. The van der Waals surface area contributed by atoms with Gasteiger partial charge in [0.05, 0.1) is 5.92 Å². The predicted molar refractivity (Wildman–Crippen MR) is 143 cm³/mol. The number of allylic oxidation sites excluding steroid dienone is 1. The molecule has 1 fully saturated rings. The topological polar surface area (TPSA) is 93.2 Å². The maximum atomic E-state index is 13.3. The molecule has 1 saturated heterocycles. The number of rotatable bonds is 10. The van der Waals surface area contributed by atoms with Crippen LogP contribution < -0.4 is 0 Å². The van der Waals surface area contributed by atoms with Crippen LogP contribution in [0.2, 0.25) is 0 Å². The first-order valence-corrected chi connectivity index (χ1v) is 12.7. The zero-order chi connectivity index (χ0) is 27.7. The summed E-state index contributed by atoms with van der Waals surface area (Å²) in [5.41, 5.74) is 0.609. The lowest BCUT2D eigenvalue weighted by Gasteiger charge is -2.28. The molecule has 0 spiro atoms. The maximum absolute atomic E-state index is 13.3. The predicted octanol–water partition coefficient (Wildman–Crippen LogP) is 4.50. The van der Waals surface area contributed by atoms with E-state index in [4.69, 9.17) is 9.47 Å². The first-order chi connectivity index (χ1) is 18.1. The van der Waals surface area contributed by atoms with E-state index in [0.717, 1.165) is 5.56 Å². The zero-order valence-electron chi connectivity index (χ0n) is 22.3. The van der Waals surface area contributed by atoms with Gasteiger partial charge in [0, 0.05) is 25.2 Å². The van der Waals surface area contributed by atoms with Crippen molar-refractivity contribution in [1.82, 2.24) is 9.80 Å². The Morgan fingerprint density at radius 1 is 1.00 bits per heavy atom. The number of ketones is 1. The fourth-order valence-electron chi connectivity index (χ4n) is 4.32. The van der Waals surface area contributed by atoms with Gasteiger partial charge in [0.15, 0.2) is 12.4 Å². The Morgan fingerprint density at radius 3 is 2.24 bits per heavy atom. The minimum Gasteiger partial charge on any atom is -0.457 e. The number of likely N-dealkylation sites (tertiary alicyclic amines) is 1. The summed E-state index contributed by atoms with van der Waals surface area (Å²) in [5, 5.41) is 0. The van der Waals surface area contributed by atoms with Crippen LogP contribution in [0.25, 0.3) is 0 Å². The molecule has 0 radical (unpaired) electrons. The molecule has 0 aliphatic carbocycles. The number of nitrogens with zero attached hydrogens (tertiary/aromatic N) is 2. The Balaban J connectivity index is 1.66. The van der Waals surface area contributed by atoms with E-state index in [9.17, 15) is 19.2 Å². The molecule has 0 N–H and O–H groups in total. The monoisotopic (exact) mass is 520 g/mol. The van der Waals surface area contributed by atoms with Gasteiger partial charge in [-0.3, -0.25) is 19.3 Å². The van der Waals surface area contributed by atoms with Crippen molar-refractivity contribution < 1.29 is 28.7 Å². The number of hydrogen-bond donors (Lipinski definition) is 0. The number of amides is 2. The van der Waals surface area contributed by atoms with Gasteiger partial charge in [-0.05, 0) is 38.7 Å². The van der Waals surface area contributed by atoms with Gasteiger partial charge in [-0.15, -0.1) is 6.58 Å². The van der Waals surface area contributed by atoms with Crippen LogP contribution in [0.3, 0.4) is 0 Å². The molecule has 202 valence electrons. The van der Waals surface area contributed by atoms with Crippen molar-refractivity contribution in [3.63, 3.8) is 0 Å². The maximum Gasteiger partial charge on any atom is 0.411 e. The van der Waals surface area contributed by atoms with Crippen molar-refractivity contribution in [2.45, 2.75) is 39.3 Å². The molecule has 8 heteroatoms. The van der Waals surface area contributed by atoms with E-state index in [1.165, 1.54) is 4.90 Å². The normalized spacial score (nSPS) is 17.0. The second-order valence-corrected chi connectivity index (χ2v) is 10.4. The average molecular weight is 521 g/mol. The van der Waals surface area contributed by atoms with E-state index in [1.54, 1.807) is 62.1 Å². The number of carbonyl (C=O) groups excluding carboxylic acids is 4. The third-order valence-electron chi connectivity index (χ3n) is 6.20. The molecular weight excluding hydrogens is 484 g/mol. The molecular formula is C30H36N2O6. The summed E-state index contributed by atoms with van der Waals surface area (Å²) in [4.78, 5) is 54.5. The Hall–Kier alpha value is -3.94. The van der Waals surface area contributed by atoms with Gasteiger partial charge < -0.3 is 14.4 Å². The highest BCUT2D eigenvalue weighted by Gasteiger charge is 2.40. The number of benzene rings is 2. The van der Waals surface area contributed by atoms with Gasteiger partial charge in [-0.1, -0.05) is 66.7 Å². The van der Waals surface area contributed by atoms with Crippen molar-refractivity contribution in [2.24, 2.45) is 11.8 Å². The van der Waals surface area contributed by atoms with Crippen LogP contribution >= 0.6 is 0 Å². The van der Waals surface area contributed by atoms with E-state index in [2.05, 4.69) is 6.58 Å². The number of ether oxygens (including phenoxy) is 2. The lowest BCUT2D eigenvalue weighted by atomic mass is 9.93. The van der Waals surface area contributed by atoms with Gasteiger partial charge in [0.2, 0.25) is 5.91 Å². The van der Waals surface area contributed by atoms with E-state index in [1.807, 2.05) is 30.3 Å². The summed E-state index contributed by atoms with van der Waals surface area (Å²) in [7, 11) is 0. The summed E-state index contributed by atoms with van der Waals surface area (Å²) in [5.74, 6) is -1.90. The number of esters is 1. The SMILES string of the molecule is C=CC[C@H]1CN(C(=O)CN(Cc2ccccc2)C(=O)OC(C)(C)C)C[C@H]1C(=O)OCC(=O)c1ccccc1. The van der Waals surface area contributed by atoms with Crippen molar-refractivity contribution in [3.05, 3.63) is 84.4 Å². The van der Waals surface area contributed by atoms with E-state index in [-0.39, 0.29) is 43.8 Å². The van der Waals surface area contributed by atoms with Crippen LogP contribution in [-0.2, 0) is 25.6 Å². The Bertz CT molecular complexity index is 1130. The summed E-state index contributed by atoms with van der Waals surface area (Å²) in [6.07, 6.45) is 1.62. The second kappa shape index (κ2) is 13.0. The molecule has 2 atom stereocenters. The fraction of sp³-hybridized carbons (Fsp3) is 0.400. The Labute approximate surface area is 224 Å². The van der Waals surface area contributed by atoms with Gasteiger partial charge in [0.1, 0.15) is 12.1 Å². The minimum absolute atomic E-state index is 0.142. The van der Waals surface area contributed by atoms with Crippen LogP contribution in [-0.4, -0.2) is 65.4 Å². The molecule has 3 rings (SSSR count). The molecule has 0 unspecified atom stereocenters. The van der Waals surface area contributed by atoms with Crippen molar-refractivity contribution in [3.8, 4) is 0 Å². The molecule has 1 aliphatic rings. The van der Waals surface area contributed by atoms with Crippen LogP contribution in [0.5, 0.6) is 0 Å². The summed E-state index contributed by atoms with van der Waals surface area (Å²) < 4.78 is 10.9. The number of hydrogen-bond acceptors (Lipinski definition) is 6. The summed E-state index contributed by atoms with van der Waals surface area (Å²) in [6.45, 7) is 9.20. The fourth-order valence-corrected chi connectivity index (χ4v) is 4.32. The Morgan fingerprint density at radius 2 is 1.63 bits per heavy atom. The zero-order valence-corrected chi connectivity index (χ0v) is 22.3. The molecule has 2 aromatic rings. The molecule has 8 nitrogen and oxygen atoms in total. The largest absolute Gasteiger partial charge is 0.457 e. The van der Waals surface area contributed by atoms with Crippen LogP contribution in [0.1, 0.15) is 43.1 Å². The van der Waals surface area contributed by atoms with Crippen molar-refractivity contribution >= 4 is 23.8 Å². The molecule has 0 bridgehead atoms. The number of Topliss-reactive ketones (excluding diaryl/α,β-unsaturated/α-hetero) is 1. The summed E-state index contributed by atoms with van der Waals surface area (Å²) in [6, 6.07) is 18.0. The quantitative estimate of drug-likeness (QED) is 0.260. The molecule has 2 amide bonds. The Kier molecular flexibility index (Phi) is 9.82. The third kappa shape index (κ3) is 8.30. The molecule has 38 heavy (non-hydrogen) atoms. The summed E-state index contributed by atoms with van der Waals surface area (Å²) >= 11 is 0. The van der Waals surface area contributed by atoms with E-state index in [0.29, 0.717) is 18.5 Å². The highest BCUT2D eigenvalue weighted by molar-refractivity contribution is 5.98. The van der Waals surface area contributed by atoms with Crippen LogP contribution in [0.4, 0.5) is 4.79 Å². The van der Waals surface area contributed by atoms with Gasteiger partial charge in [0.25, 0.3) is 0 Å². The lowest BCUT2D eigenvalue weighted by molar-refractivity contribution is -0.148. The van der Waals surface area contributed by atoms with Gasteiger partial charge >= 0.3 is 12.1 Å². The molecule has 0 aromatic heterocycles. The molecule has 2 aromatic carbocycles. The van der Waals surface area contributed by atoms with Gasteiger partial charge in [-0.2, -0.15) is 0 Å². The average Bonchev–Trinajstić information content (AvgIpc) is 3.31. The molecule has 0 saturated carbocycles.